The molecule has 0 unspecified atom stereocenters. The van der Waals surface area contributed by atoms with Gasteiger partial charge in [-0.05, 0) is 18.2 Å². The molecule has 0 amide bonds. The Morgan fingerprint density at radius 3 is 2.69 bits per heavy atom. The molecule has 1 aromatic heterocycles. The maximum atomic E-state index is 11.2. The number of sulfonamides is 1. The minimum atomic E-state index is -3.67. The van der Waals surface area contributed by atoms with Gasteiger partial charge in [-0.1, -0.05) is 11.3 Å². The van der Waals surface area contributed by atoms with Gasteiger partial charge in [0.15, 0.2) is 0 Å². The zero-order valence-electron chi connectivity index (χ0n) is 8.41. The Morgan fingerprint density at radius 2 is 2.12 bits per heavy atom. The standard InChI is InChI=1S/C8H10N4O2S2/c1-12-6-3-2-5(16(10,13)14)4-7(6)15-8(12)11-9/h2-4H,9H2,1H3,(H2,10,13,14)/b11-8-. The van der Waals surface area contributed by atoms with Crippen molar-refractivity contribution < 1.29 is 8.42 Å². The molecule has 8 heteroatoms. The molecule has 0 aliphatic rings. The summed E-state index contributed by atoms with van der Waals surface area (Å²) in [5.41, 5.74) is 0.863. The molecule has 86 valence electrons. The van der Waals surface area contributed by atoms with Crippen molar-refractivity contribution in [1.29, 1.82) is 0 Å². The van der Waals surface area contributed by atoms with Gasteiger partial charge in [-0.25, -0.2) is 13.6 Å². The first kappa shape index (κ1) is 11.1. The van der Waals surface area contributed by atoms with Crippen LogP contribution in [0.3, 0.4) is 0 Å². The lowest BCUT2D eigenvalue weighted by Crippen LogP contribution is -2.12. The second-order valence-corrected chi connectivity index (χ2v) is 5.82. The second kappa shape index (κ2) is 3.58. The highest BCUT2D eigenvalue weighted by Gasteiger charge is 2.10. The Bertz CT molecular complexity index is 711. The number of aryl methyl sites for hydroxylation is 1. The van der Waals surface area contributed by atoms with Crippen molar-refractivity contribution in [2.24, 2.45) is 23.1 Å². The molecule has 0 aliphatic carbocycles. The van der Waals surface area contributed by atoms with Crippen molar-refractivity contribution in [3.05, 3.63) is 23.0 Å². The van der Waals surface area contributed by atoms with Crippen molar-refractivity contribution in [3.8, 4) is 0 Å². The molecule has 0 fully saturated rings. The first-order valence-corrected chi connectivity index (χ1v) is 6.66. The molecule has 4 N–H and O–H groups in total. The second-order valence-electron chi connectivity index (χ2n) is 3.25. The number of nitrogens with zero attached hydrogens (tertiary/aromatic N) is 2. The molecule has 0 radical (unpaired) electrons. The van der Waals surface area contributed by atoms with Gasteiger partial charge < -0.3 is 10.4 Å². The molecule has 0 saturated heterocycles. The third kappa shape index (κ3) is 1.70. The number of aromatic nitrogens is 1. The van der Waals surface area contributed by atoms with Crippen molar-refractivity contribution in [2.75, 3.05) is 0 Å². The molecular weight excluding hydrogens is 248 g/mol. The van der Waals surface area contributed by atoms with E-state index < -0.39 is 10.0 Å². The fraction of sp³-hybridized carbons (Fsp3) is 0.125. The molecule has 1 heterocycles. The van der Waals surface area contributed by atoms with E-state index in [2.05, 4.69) is 5.10 Å². The third-order valence-corrected chi connectivity index (χ3v) is 4.24. The van der Waals surface area contributed by atoms with Gasteiger partial charge in [0.1, 0.15) is 0 Å². The highest BCUT2D eigenvalue weighted by Crippen LogP contribution is 2.20. The molecule has 0 saturated carbocycles. The lowest BCUT2D eigenvalue weighted by atomic mass is 10.3. The van der Waals surface area contributed by atoms with Crippen LogP contribution < -0.4 is 15.8 Å². The average molecular weight is 258 g/mol. The summed E-state index contributed by atoms with van der Waals surface area (Å²) in [6.45, 7) is 0. The van der Waals surface area contributed by atoms with Gasteiger partial charge in [-0.3, -0.25) is 0 Å². The van der Waals surface area contributed by atoms with Gasteiger partial charge in [0.2, 0.25) is 14.8 Å². The van der Waals surface area contributed by atoms with Gasteiger partial charge in [0.05, 0.1) is 15.1 Å². The van der Waals surface area contributed by atoms with Crippen LogP contribution in [0.2, 0.25) is 0 Å². The fourth-order valence-electron chi connectivity index (χ4n) is 1.41. The van der Waals surface area contributed by atoms with Crippen LogP contribution in [0.5, 0.6) is 0 Å². The minimum Gasteiger partial charge on any atom is -0.320 e. The number of nitrogens with two attached hydrogens (primary N) is 2. The van der Waals surface area contributed by atoms with Crippen LogP contribution in [-0.4, -0.2) is 13.0 Å². The Balaban J connectivity index is 2.84. The van der Waals surface area contributed by atoms with Gasteiger partial charge in [0.25, 0.3) is 0 Å². The van der Waals surface area contributed by atoms with E-state index in [-0.39, 0.29) is 4.90 Å². The number of hydrogen-bond donors (Lipinski definition) is 2. The summed E-state index contributed by atoms with van der Waals surface area (Å²) in [4.78, 5) is 0.701. The molecule has 0 atom stereocenters. The van der Waals surface area contributed by atoms with E-state index in [4.69, 9.17) is 11.0 Å². The van der Waals surface area contributed by atoms with Crippen LogP contribution in [0, 0.1) is 0 Å². The molecule has 0 bridgehead atoms. The van der Waals surface area contributed by atoms with Gasteiger partial charge >= 0.3 is 0 Å². The van der Waals surface area contributed by atoms with E-state index >= 15 is 0 Å². The van der Waals surface area contributed by atoms with Crippen LogP contribution in [-0.2, 0) is 17.1 Å². The minimum absolute atomic E-state index is 0.0884. The summed E-state index contributed by atoms with van der Waals surface area (Å²) < 4.78 is 24.9. The Morgan fingerprint density at radius 1 is 1.44 bits per heavy atom. The molecule has 6 nitrogen and oxygen atoms in total. The summed E-state index contributed by atoms with van der Waals surface area (Å²) in [5.74, 6) is 5.21. The van der Waals surface area contributed by atoms with Gasteiger partial charge in [-0.2, -0.15) is 5.10 Å². The Kier molecular flexibility index (Phi) is 2.49. The predicted octanol–water partition coefficient (Wildman–Crippen LogP) is -0.338. The number of primary sulfonamides is 1. The number of benzene rings is 1. The third-order valence-electron chi connectivity index (χ3n) is 2.22. The largest absolute Gasteiger partial charge is 0.320 e. The Labute approximate surface area is 95.9 Å². The maximum absolute atomic E-state index is 11.2. The van der Waals surface area contributed by atoms with Crippen molar-refractivity contribution in [3.63, 3.8) is 0 Å². The van der Waals surface area contributed by atoms with E-state index in [1.807, 2.05) is 0 Å². The van der Waals surface area contributed by atoms with Crippen LogP contribution >= 0.6 is 11.3 Å². The zero-order chi connectivity index (χ0) is 11.9. The molecule has 2 rings (SSSR count). The molecule has 1 aromatic carbocycles. The number of rotatable bonds is 1. The average Bonchev–Trinajstić information content (AvgIpc) is 2.54. The van der Waals surface area contributed by atoms with Gasteiger partial charge in [-0.15, -0.1) is 0 Å². The van der Waals surface area contributed by atoms with E-state index in [0.29, 0.717) is 4.80 Å². The molecule has 2 aromatic rings. The van der Waals surface area contributed by atoms with Crippen molar-refractivity contribution >= 4 is 31.6 Å². The van der Waals surface area contributed by atoms with E-state index in [1.54, 1.807) is 17.7 Å². The molecule has 16 heavy (non-hydrogen) atoms. The topological polar surface area (TPSA) is 103 Å². The molecular formula is C8H10N4O2S2. The molecule has 0 spiro atoms. The SMILES string of the molecule is Cn1/c(=N/N)sc2cc(S(N)(=O)=O)ccc21. The molecule has 0 aliphatic heterocycles. The summed E-state index contributed by atoms with van der Waals surface area (Å²) in [5, 5.41) is 8.65. The lowest BCUT2D eigenvalue weighted by molar-refractivity contribution is 0.598. The van der Waals surface area contributed by atoms with Crippen LogP contribution in [0.4, 0.5) is 0 Å². The van der Waals surface area contributed by atoms with Crippen LogP contribution in [0.15, 0.2) is 28.2 Å². The quantitative estimate of drug-likeness (QED) is 0.540. The summed E-state index contributed by atoms with van der Waals surface area (Å²) in [6, 6.07) is 4.66. The first-order valence-electron chi connectivity index (χ1n) is 4.30. The normalized spacial score (nSPS) is 13.5. The first-order chi connectivity index (χ1) is 7.43. The van der Waals surface area contributed by atoms with E-state index in [0.717, 1.165) is 10.2 Å². The highest BCUT2D eigenvalue weighted by molar-refractivity contribution is 7.89. The van der Waals surface area contributed by atoms with E-state index in [9.17, 15) is 8.42 Å². The number of thiazole rings is 1. The number of hydrogen-bond acceptors (Lipinski definition) is 5. The summed E-state index contributed by atoms with van der Waals surface area (Å²) >= 11 is 1.31. The Hall–Kier alpha value is -1.38. The maximum Gasteiger partial charge on any atom is 0.238 e. The zero-order valence-corrected chi connectivity index (χ0v) is 10.0. The summed E-state index contributed by atoms with van der Waals surface area (Å²) in [6.07, 6.45) is 0. The fourth-order valence-corrected chi connectivity index (χ4v) is 3.01. The predicted molar refractivity (Wildman–Crippen MR) is 61.9 cm³/mol. The number of fused-ring (bicyclic) bond motifs is 1. The van der Waals surface area contributed by atoms with E-state index in [1.165, 1.54) is 23.5 Å². The monoisotopic (exact) mass is 258 g/mol. The lowest BCUT2D eigenvalue weighted by Gasteiger charge is -1.98. The highest BCUT2D eigenvalue weighted by atomic mass is 32.2. The van der Waals surface area contributed by atoms with Crippen LogP contribution in [0.1, 0.15) is 0 Å². The van der Waals surface area contributed by atoms with Crippen molar-refractivity contribution in [2.45, 2.75) is 4.90 Å². The van der Waals surface area contributed by atoms with Crippen LogP contribution in [0.25, 0.3) is 10.2 Å². The van der Waals surface area contributed by atoms with Gasteiger partial charge in [0, 0.05) is 7.05 Å². The van der Waals surface area contributed by atoms with Crippen molar-refractivity contribution in [1.82, 2.24) is 4.57 Å². The summed E-state index contributed by atoms with van der Waals surface area (Å²) in [7, 11) is -1.86. The smallest absolute Gasteiger partial charge is 0.238 e.